The lowest BCUT2D eigenvalue weighted by Gasteiger charge is -2.06. The van der Waals surface area contributed by atoms with Gasteiger partial charge in [-0.2, -0.15) is 0 Å². The van der Waals surface area contributed by atoms with E-state index < -0.39 is 0 Å². The molecular formula is C14H13ClO. The van der Waals surface area contributed by atoms with Gasteiger partial charge in [0, 0.05) is 5.02 Å². The molecule has 1 nitrogen and oxygen atoms in total. The molecule has 0 atom stereocenters. The van der Waals surface area contributed by atoms with Gasteiger partial charge in [0.25, 0.3) is 0 Å². The summed E-state index contributed by atoms with van der Waals surface area (Å²) >= 11 is 5.81. The molecule has 2 aromatic rings. The maximum atomic E-state index is 5.81. The molecule has 0 aromatic heterocycles. The number of hydrogen-bond acceptors (Lipinski definition) is 1. The van der Waals surface area contributed by atoms with Gasteiger partial charge in [0.05, 0.1) is 0 Å². The Bertz CT molecular complexity index is 462. The molecule has 2 rings (SSSR count). The standard InChI is InChI=1S/C14H13ClO/c1-2-11-4-3-5-14(10-11)16-13-8-6-12(15)7-9-13/h3-10H,2H2,1H3. The highest BCUT2D eigenvalue weighted by molar-refractivity contribution is 6.30. The molecule has 0 heterocycles. The fourth-order valence-electron chi connectivity index (χ4n) is 1.47. The van der Waals surface area contributed by atoms with Crippen LogP contribution >= 0.6 is 11.6 Å². The monoisotopic (exact) mass is 232 g/mol. The second-order valence-electron chi connectivity index (χ2n) is 3.56. The number of benzene rings is 2. The SMILES string of the molecule is CCc1cccc(Oc2ccc(Cl)cc2)c1. The number of hydrogen-bond donors (Lipinski definition) is 0. The molecule has 0 N–H and O–H groups in total. The van der Waals surface area contributed by atoms with Crippen molar-refractivity contribution in [1.29, 1.82) is 0 Å². The minimum Gasteiger partial charge on any atom is -0.457 e. The molecule has 0 spiro atoms. The zero-order chi connectivity index (χ0) is 11.4. The predicted octanol–water partition coefficient (Wildman–Crippen LogP) is 4.69. The Morgan fingerprint density at radius 3 is 2.44 bits per heavy atom. The summed E-state index contributed by atoms with van der Waals surface area (Å²) in [5.74, 6) is 1.67. The van der Waals surface area contributed by atoms with Gasteiger partial charge in [0.1, 0.15) is 11.5 Å². The van der Waals surface area contributed by atoms with Crippen molar-refractivity contribution < 1.29 is 4.74 Å². The van der Waals surface area contributed by atoms with Gasteiger partial charge in [-0.05, 0) is 48.4 Å². The third kappa shape index (κ3) is 2.77. The van der Waals surface area contributed by atoms with Crippen molar-refractivity contribution in [1.82, 2.24) is 0 Å². The summed E-state index contributed by atoms with van der Waals surface area (Å²) in [5, 5.41) is 0.717. The Kier molecular flexibility index (Phi) is 3.47. The third-order valence-corrected chi connectivity index (χ3v) is 2.61. The van der Waals surface area contributed by atoms with E-state index in [0.29, 0.717) is 0 Å². The smallest absolute Gasteiger partial charge is 0.127 e. The Labute approximate surface area is 101 Å². The molecule has 0 aliphatic carbocycles. The summed E-state index contributed by atoms with van der Waals surface area (Å²) in [7, 11) is 0. The molecule has 0 aliphatic rings. The highest BCUT2D eigenvalue weighted by Crippen LogP contribution is 2.23. The number of ether oxygens (including phenoxy) is 1. The second-order valence-corrected chi connectivity index (χ2v) is 3.99. The molecule has 2 aromatic carbocycles. The molecule has 0 unspecified atom stereocenters. The van der Waals surface area contributed by atoms with Crippen molar-refractivity contribution in [3.05, 3.63) is 59.1 Å². The third-order valence-electron chi connectivity index (χ3n) is 2.36. The van der Waals surface area contributed by atoms with Crippen molar-refractivity contribution in [3.8, 4) is 11.5 Å². The normalized spacial score (nSPS) is 10.1. The van der Waals surface area contributed by atoms with Gasteiger partial charge in [0.2, 0.25) is 0 Å². The van der Waals surface area contributed by atoms with Gasteiger partial charge in [-0.1, -0.05) is 30.7 Å². The Balaban J connectivity index is 2.16. The van der Waals surface area contributed by atoms with E-state index in [0.717, 1.165) is 22.9 Å². The molecule has 0 radical (unpaired) electrons. The molecule has 2 heteroatoms. The fraction of sp³-hybridized carbons (Fsp3) is 0.143. The first kappa shape index (κ1) is 11.0. The second kappa shape index (κ2) is 5.04. The van der Waals surface area contributed by atoms with Crippen LogP contribution < -0.4 is 4.74 Å². The van der Waals surface area contributed by atoms with Crippen LogP contribution in [0, 0.1) is 0 Å². The molecular weight excluding hydrogens is 220 g/mol. The zero-order valence-electron chi connectivity index (χ0n) is 9.11. The molecule has 0 fully saturated rings. The maximum absolute atomic E-state index is 5.81. The van der Waals surface area contributed by atoms with Crippen molar-refractivity contribution in [2.45, 2.75) is 13.3 Å². The molecule has 0 saturated heterocycles. The summed E-state index contributed by atoms with van der Waals surface area (Å²) < 4.78 is 5.72. The molecule has 0 amide bonds. The Hall–Kier alpha value is -1.47. The van der Waals surface area contributed by atoms with Crippen LogP contribution in [0.3, 0.4) is 0 Å². The van der Waals surface area contributed by atoms with E-state index in [-0.39, 0.29) is 0 Å². The van der Waals surface area contributed by atoms with E-state index >= 15 is 0 Å². The highest BCUT2D eigenvalue weighted by Gasteiger charge is 1.98. The van der Waals surface area contributed by atoms with Gasteiger partial charge in [-0.15, -0.1) is 0 Å². The van der Waals surface area contributed by atoms with E-state index in [1.54, 1.807) is 0 Å². The van der Waals surface area contributed by atoms with Crippen LogP contribution in [-0.4, -0.2) is 0 Å². The van der Waals surface area contributed by atoms with Crippen molar-refractivity contribution in [2.24, 2.45) is 0 Å². The van der Waals surface area contributed by atoms with Crippen LogP contribution in [0.25, 0.3) is 0 Å². The first-order valence-electron chi connectivity index (χ1n) is 5.30. The number of rotatable bonds is 3. The average molecular weight is 233 g/mol. The number of halogens is 1. The van der Waals surface area contributed by atoms with Crippen LogP contribution in [0.15, 0.2) is 48.5 Å². The van der Waals surface area contributed by atoms with Crippen LogP contribution in [-0.2, 0) is 6.42 Å². The predicted molar refractivity (Wildman–Crippen MR) is 67.3 cm³/mol. The highest BCUT2D eigenvalue weighted by atomic mass is 35.5. The van der Waals surface area contributed by atoms with Gasteiger partial charge in [-0.25, -0.2) is 0 Å². The summed E-state index contributed by atoms with van der Waals surface area (Å²) in [4.78, 5) is 0. The van der Waals surface area contributed by atoms with Crippen molar-refractivity contribution in [2.75, 3.05) is 0 Å². The molecule has 0 bridgehead atoms. The lowest BCUT2D eigenvalue weighted by molar-refractivity contribution is 0.482. The summed E-state index contributed by atoms with van der Waals surface area (Å²) in [6.07, 6.45) is 1.01. The maximum Gasteiger partial charge on any atom is 0.127 e. The van der Waals surface area contributed by atoms with E-state index in [4.69, 9.17) is 16.3 Å². The van der Waals surface area contributed by atoms with E-state index in [1.165, 1.54) is 5.56 Å². The average Bonchev–Trinajstić information content (AvgIpc) is 2.32. The van der Waals surface area contributed by atoms with Crippen LogP contribution in [0.2, 0.25) is 5.02 Å². The van der Waals surface area contributed by atoms with E-state index in [2.05, 4.69) is 19.1 Å². The topological polar surface area (TPSA) is 9.23 Å². The zero-order valence-corrected chi connectivity index (χ0v) is 9.87. The molecule has 0 saturated carbocycles. The minimum atomic E-state index is 0.717. The van der Waals surface area contributed by atoms with E-state index in [1.807, 2.05) is 36.4 Å². The molecule has 82 valence electrons. The number of aryl methyl sites for hydroxylation is 1. The lowest BCUT2D eigenvalue weighted by Crippen LogP contribution is -1.85. The Morgan fingerprint density at radius 1 is 1.00 bits per heavy atom. The van der Waals surface area contributed by atoms with Gasteiger partial charge < -0.3 is 4.74 Å². The first-order chi connectivity index (χ1) is 7.78. The summed E-state index contributed by atoms with van der Waals surface area (Å²) in [5.41, 5.74) is 1.27. The van der Waals surface area contributed by atoms with Crippen LogP contribution in [0.1, 0.15) is 12.5 Å². The lowest BCUT2D eigenvalue weighted by atomic mass is 10.2. The summed E-state index contributed by atoms with van der Waals surface area (Å²) in [6.45, 7) is 2.13. The van der Waals surface area contributed by atoms with Crippen LogP contribution in [0.4, 0.5) is 0 Å². The quantitative estimate of drug-likeness (QED) is 0.746. The fourth-order valence-corrected chi connectivity index (χ4v) is 1.59. The minimum absolute atomic E-state index is 0.717. The largest absolute Gasteiger partial charge is 0.457 e. The van der Waals surface area contributed by atoms with Gasteiger partial charge in [0.15, 0.2) is 0 Å². The Morgan fingerprint density at radius 2 is 1.75 bits per heavy atom. The first-order valence-corrected chi connectivity index (χ1v) is 5.68. The van der Waals surface area contributed by atoms with E-state index in [9.17, 15) is 0 Å². The van der Waals surface area contributed by atoms with Gasteiger partial charge in [-0.3, -0.25) is 0 Å². The van der Waals surface area contributed by atoms with Crippen molar-refractivity contribution >= 4 is 11.6 Å². The van der Waals surface area contributed by atoms with Gasteiger partial charge >= 0.3 is 0 Å². The molecule has 16 heavy (non-hydrogen) atoms. The van der Waals surface area contributed by atoms with Crippen LogP contribution in [0.5, 0.6) is 11.5 Å². The van der Waals surface area contributed by atoms with Crippen molar-refractivity contribution in [3.63, 3.8) is 0 Å². The summed E-state index contributed by atoms with van der Waals surface area (Å²) in [6, 6.07) is 15.5. The molecule has 0 aliphatic heterocycles.